The highest BCUT2D eigenvalue weighted by atomic mass is 16.4. The van der Waals surface area contributed by atoms with Gasteiger partial charge in [0.1, 0.15) is 5.82 Å². The molecule has 2 N–H and O–H groups in total. The lowest BCUT2D eigenvalue weighted by Crippen LogP contribution is -1.86. The number of aryl methyl sites for hydroxylation is 1. The molecule has 1 aromatic carbocycles. The number of nitrogens with zero attached hydrogens (tertiary/aromatic N) is 1. The van der Waals surface area contributed by atoms with Crippen molar-refractivity contribution in [2.75, 3.05) is 0 Å². The van der Waals surface area contributed by atoms with Gasteiger partial charge in [-0.1, -0.05) is 24.3 Å². The van der Waals surface area contributed by atoms with Crippen molar-refractivity contribution in [2.45, 2.75) is 6.92 Å². The van der Waals surface area contributed by atoms with Gasteiger partial charge in [-0.25, -0.2) is 9.78 Å². The van der Waals surface area contributed by atoms with Gasteiger partial charge in [0, 0.05) is 11.6 Å². The molecule has 0 saturated heterocycles. The van der Waals surface area contributed by atoms with Gasteiger partial charge >= 0.3 is 5.97 Å². The van der Waals surface area contributed by atoms with Crippen LogP contribution in [0.5, 0.6) is 0 Å². The lowest BCUT2D eigenvalue weighted by Gasteiger charge is -2.00. The van der Waals surface area contributed by atoms with Gasteiger partial charge < -0.3 is 10.1 Å². The summed E-state index contributed by atoms with van der Waals surface area (Å²) in [6.45, 7) is 2.00. The summed E-state index contributed by atoms with van der Waals surface area (Å²) in [7, 11) is 0. The van der Waals surface area contributed by atoms with E-state index in [1.807, 2.05) is 31.2 Å². The predicted molar refractivity (Wildman–Crippen MR) is 65.4 cm³/mol. The molecule has 2 aromatic rings. The molecule has 0 fully saturated rings. The van der Waals surface area contributed by atoms with Crippen molar-refractivity contribution in [2.24, 2.45) is 0 Å². The number of H-pyrrole nitrogens is 1. The zero-order chi connectivity index (χ0) is 12.3. The fourth-order valence-electron chi connectivity index (χ4n) is 1.56. The van der Waals surface area contributed by atoms with Crippen molar-refractivity contribution in [1.82, 2.24) is 9.97 Å². The Bertz CT molecular complexity index is 570. The van der Waals surface area contributed by atoms with Crippen LogP contribution in [0.25, 0.3) is 17.5 Å². The summed E-state index contributed by atoms with van der Waals surface area (Å²) in [5, 5.41) is 8.52. The Hall–Kier alpha value is -2.36. The van der Waals surface area contributed by atoms with E-state index in [-0.39, 0.29) is 0 Å². The fourth-order valence-corrected chi connectivity index (χ4v) is 1.56. The molecule has 0 aliphatic heterocycles. The first kappa shape index (κ1) is 11.1. The minimum Gasteiger partial charge on any atom is -0.478 e. The standard InChI is InChI=1S/C13H12N2O2/c1-9-4-2-3-5-11(9)13-14-8-10(15-13)6-7-12(16)17/h2-8H,1H3,(H,14,15)(H,16,17)/b7-6+. The first-order valence-electron chi connectivity index (χ1n) is 5.19. The smallest absolute Gasteiger partial charge is 0.328 e. The molecule has 1 heterocycles. The van der Waals surface area contributed by atoms with Crippen LogP contribution in [0.4, 0.5) is 0 Å². The maximum atomic E-state index is 10.4. The summed E-state index contributed by atoms with van der Waals surface area (Å²) in [4.78, 5) is 17.7. The number of hydrogen-bond donors (Lipinski definition) is 2. The number of carboxylic acids is 1. The third kappa shape index (κ3) is 2.60. The third-order valence-corrected chi connectivity index (χ3v) is 2.40. The number of aliphatic carboxylic acids is 1. The Morgan fingerprint density at radius 1 is 1.41 bits per heavy atom. The number of benzene rings is 1. The first-order chi connectivity index (χ1) is 8.16. The molecule has 4 heteroatoms. The quantitative estimate of drug-likeness (QED) is 0.793. The van der Waals surface area contributed by atoms with Crippen LogP contribution in [-0.4, -0.2) is 21.0 Å². The zero-order valence-corrected chi connectivity index (χ0v) is 9.34. The van der Waals surface area contributed by atoms with E-state index in [1.165, 1.54) is 6.08 Å². The fraction of sp³-hybridized carbons (Fsp3) is 0.0769. The maximum absolute atomic E-state index is 10.4. The van der Waals surface area contributed by atoms with Crippen molar-refractivity contribution in [3.8, 4) is 11.4 Å². The summed E-state index contributed by atoms with van der Waals surface area (Å²) in [5.74, 6) is -0.231. The normalized spacial score (nSPS) is 10.9. The van der Waals surface area contributed by atoms with Crippen molar-refractivity contribution >= 4 is 12.0 Å². The van der Waals surface area contributed by atoms with Gasteiger partial charge in [0.05, 0.1) is 11.9 Å². The third-order valence-electron chi connectivity index (χ3n) is 2.40. The number of carbonyl (C=O) groups is 1. The number of aromatic amines is 1. The first-order valence-corrected chi connectivity index (χ1v) is 5.19. The Labute approximate surface area is 98.6 Å². The van der Waals surface area contributed by atoms with Gasteiger partial charge in [-0.2, -0.15) is 0 Å². The lowest BCUT2D eigenvalue weighted by atomic mass is 10.1. The topological polar surface area (TPSA) is 66.0 Å². The SMILES string of the molecule is Cc1ccccc1-c1ncc(/C=C/C(=O)O)[nH]1. The summed E-state index contributed by atoms with van der Waals surface area (Å²) < 4.78 is 0. The average Bonchev–Trinajstić information content (AvgIpc) is 2.75. The predicted octanol–water partition coefficient (Wildman–Crippen LogP) is 2.48. The van der Waals surface area contributed by atoms with E-state index in [1.54, 1.807) is 6.20 Å². The molecule has 0 radical (unpaired) electrons. The van der Waals surface area contributed by atoms with Gasteiger partial charge in [-0.15, -0.1) is 0 Å². The van der Waals surface area contributed by atoms with Crippen molar-refractivity contribution < 1.29 is 9.90 Å². The van der Waals surface area contributed by atoms with Crippen LogP contribution in [0.2, 0.25) is 0 Å². The van der Waals surface area contributed by atoms with Crippen molar-refractivity contribution in [3.63, 3.8) is 0 Å². The Balaban J connectivity index is 2.30. The zero-order valence-electron chi connectivity index (χ0n) is 9.34. The number of carboxylic acid groups (broad SMARTS) is 1. The van der Waals surface area contributed by atoms with Gasteiger partial charge in [0.25, 0.3) is 0 Å². The molecule has 0 aliphatic rings. The number of imidazole rings is 1. The van der Waals surface area contributed by atoms with E-state index in [2.05, 4.69) is 9.97 Å². The van der Waals surface area contributed by atoms with Crippen LogP contribution in [0.1, 0.15) is 11.3 Å². The van der Waals surface area contributed by atoms with Gasteiger partial charge in [-0.3, -0.25) is 0 Å². The summed E-state index contributed by atoms with van der Waals surface area (Å²) in [5.41, 5.74) is 2.81. The van der Waals surface area contributed by atoms with E-state index in [0.717, 1.165) is 23.0 Å². The van der Waals surface area contributed by atoms with Crippen LogP contribution >= 0.6 is 0 Å². The van der Waals surface area contributed by atoms with E-state index in [0.29, 0.717) is 5.69 Å². The van der Waals surface area contributed by atoms with E-state index in [9.17, 15) is 4.79 Å². The molecule has 0 bridgehead atoms. The minimum atomic E-state index is -0.975. The second-order valence-corrected chi connectivity index (χ2v) is 3.67. The Morgan fingerprint density at radius 3 is 2.88 bits per heavy atom. The summed E-state index contributed by atoms with van der Waals surface area (Å²) in [6, 6.07) is 7.88. The molecular formula is C13H12N2O2. The molecular weight excluding hydrogens is 216 g/mol. The highest BCUT2D eigenvalue weighted by Gasteiger charge is 2.04. The molecule has 0 aliphatic carbocycles. The number of nitrogens with one attached hydrogen (secondary N) is 1. The highest BCUT2D eigenvalue weighted by molar-refractivity contribution is 5.85. The van der Waals surface area contributed by atoms with E-state index >= 15 is 0 Å². The van der Waals surface area contributed by atoms with Gasteiger partial charge in [0.15, 0.2) is 0 Å². The molecule has 0 spiro atoms. The van der Waals surface area contributed by atoms with Gasteiger partial charge in [-0.05, 0) is 18.6 Å². The molecule has 1 aromatic heterocycles. The van der Waals surface area contributed by atoms with E-state index < -0.39 is 5.97 Å². The minimum absolute atomic E-state index is 0.672. The number of aromatic nitrogens is 2. The molecule has 17 heavy (non-hydrogen) atoms. The average molecular weight is 228 g/mol. The molecule has 86 valence electrons. The molecule has 4 nitrogen and oxygen atoms in total. The van der Waals surface area contributed by atoms with Crippen LogP contribution in [0, 0.1) is 6.92 Å². The van der Waals surface area contributed by atoms with Crippen LogP contribution in [0.15, 0.2) is 36.5 Å². The number of hydrogen-bond acceptors (Lipinski definition) is 2. The largest absolute Gasteiger partial charge is 0.478 e. The Morgan fingerprint density at radius 2 is 2.18 bits per heavy atom. The van der Waals surface area contributed by atoms with Gasteiger partial charge in [0.2, 0.25) is 0 Å². The van der Waals surface area contributed by atoms with Crippen LogP contribution < -0.4 is 0 Å². The van der Waals surface area contributed by atoms with Crippen LogP contribution in [-0.2, 0) is 4.79 Å². The number of rotatable bonds is 3. The Kier molecular flexibility index (Phi) is 3.05. The molecule has 0 amide bonds. The molecule has 0 unspecified atom stereocenters. The maximum Gasteiger partial charge on any atom is 0.328 e. The summed E-state index contributed by atoms with van der Waals surface area (Å²) >= 11 is 0. The highest BCUT2D eigenvalue weighted by Crippen LogP contribution is 2.19. The van der Waals surface area contributed by atoms with Crippen LogP contribution in [0.3, 0.4) is 0 Å². The molecule has 0 saturated carbocycles. The molecule has 0 atom stereocenters. The lowest BCUT2D eigenvalue weighted by molar-refractivity contribution is -0.131. The molecule has 2 rings (SSSR count). The van der Waals surface area contributed by atoms with E-state index in [4.69, 9.17) is 5.11 Å². The monoisotopic (exact) mass is 228 g/mol. The second-order valence-electron chi connectivity index (χ2n) is 3.67. The van der Waals surface area contributed by atoms with Crippen molar-refractivity contribution in [1.29, 1.82) is 0 Å². The van der Waals surface area contributed by atoms with Crippen molar-refractivity contribution in [3.05, 3.63) is 47.8 Å². The second kappa shape index (κ2) is 4.65. The summed E-state index contributed by atoms with van der Waals surface area (Å²) in [6.07, 6.45) is 4.17.